The summed E-state index contributed by atoms with van der Waals surface area (Å²) in [6, 6.07) is 76.4. The Morgan fingerprint density at radius 2 is 0.806 bits per heavy atom. The van der Waals surface area contributed by atoms with E-state index in [1.54, 1.807) is 0 Å². The van der Waals surface area contributed by atoms with Gasteiger partial charge in [0.2, 0.25) is 0 Å². The normalized spacial score (nSPS) is 17.6. The Morgan fingerprint density at radius 3 is 1.34 bits per heavy atom. The molecule has 0 radical (unpaired) electrons. The van der Waals surface area contributed by atoms with Crippen molar-refractivity contribution in [3.8, 4) is 22.3 Å². The van der Waals surface area contributed by atoms with E-state index in [9.17, 15) is 0 Å². The molecular weight excluding hydrogens is 749 g/mol. The molecule has 1 fully saturated rings. The second-order valence-corrected chi connectivity index (χ2v) is 18.4. The Kier molecular flexibility index (Phi) is 10.4. The molecular formula is C60H56N2. The summed E-state index contributed by atoms with van der Waals surface area (Å²) in [5.74, 6) is 1.44. The molecule has 2 aliphatic rings. The Morgan fingerprint density at radius 1 is 0.403 bits per heavy atom. The monoisotopic (exact) mass is 804 g/mol. The van der Waals surface area contributed by atoms with Crippen LogP contribution in [0.25, 0.3) is 22.3 Å². The first-order valence-electron chi connectivity index (χ1n) is 22.6. The summed E-state index contributed by atoms with van der Waals surface area (Å²) in [4.78, 5) is 4.82. The minimum absolute atomic E-state index is 0.0711. The Balaban J connectivity index is 1.01. The van der Waals surface area contributed by atoms with Crippen molar-refractivity contribution in [2.24, 2.45) is 11.8 Å². The molecule has 2 aliphatic carbocycles. The van der Waals surface area contributed by atoms with Crippen molar-refractivity contribution in [2.45, 2.75) is 64.2 Å². The van der Waals surface area contributed by atoms with Crippen molar-refractivity contribution in [3.63, 3.8) is 0 Å². The molecule has 8 aromatic rings. The van der Waals surface area contributed by atoms with E-state index in [0.29, 0.717) is 5.92 Å². The third-order valence-corrected chi connectivity index (χ3v) is 14.3. The van der Waals surface area contributed by atoms with E-state index in [1.165, 1.54) is 68.7 Å². The van der Waals surface area contributed by atoms with Crippen molar-refractivity contribution >= 4 is 34.1 Å². The van der Waals surface area contributed by atoms with E-state index in [1.807, 2.05) is 0 Å². The second-order valence-electron chi connectivity index (χ2n) is 18.4. The lowest BCUT2D eigenvalue weighted by molar-refractivity contribution is 0.217. The average Bonchev–Trinajstić information content (AvgIpc) is 3.56. The van der Waals surface area contributed by atoms with Gasteiger partial charge in [-0.15, -0.1) is 0 Å². The summed E-state index contributed by atoms with van der Waals surface area (Å²) >= 11 is 0. The van der Waals surface area contributed by atoms with Crippen molar-refractivity contribution in [1.82, 2.24) is 0 Å². The third kappa shape index (κ3) is 7.12. The summed E-state index contributed by atoms with van der Waals surface area (Å²) in [7, 11) is 0. The van der Waals surface area contributed by atoms with Gasteiger partial charge in [-0.3, -0.25) is 0 Å². The van der Waals surface area contributed by atoms with E-state index in [0.717, 1.165) is 41.5 Å². The molecule has 0 heterocycles. The fourth-order valence-electron chi connectivity index (χ4n) is 10.7. The van der Waals surface area contributed by atoms with Gasteiger partial charge in [-0.1, -0.05) is 161 Å². The summed E-state index contributed by atoms with van der Waals surface area (Å²) in [6.07, 6.45) is 4.74. The number of hydrogen-bond acceptors (Lipinski definition) is 2. The highest BCUT2D eigenvalue weighted by Gasteiger charge is 2.40. The lowest BCUT2D eigenvalue weighted by Gasteiger charge is -2.43. The summed E-state index contributed by atoms with van der Waals surface area (Å²) < 4.78 is 0. The minimum Gasteiger partial charge on any atom is -0.311 e. The average molecular weight is 805 g/mol. The highest BCUT2D eigenvalue weighted by atomic mass is 15.1. The first kappa shape index (κ1) is 39.5. The maximum absolute atomic E-state index is 2.44. The molecule has 8 aromatic carbocycles. The summed E-state index contributed by atoms with van der Waals surface area (Å²) in [6.45, 7) is 9.54. The molecule has 0 saturated heterocycles. The first-order chi connectivity index (χ1) is 30.3. The van der Waals surface area contributed by atoms with Gasteiger partial charge in [0.1, 0.15) is 0 Å². The Hall–Kier alpha value is -6.64. The molecule has 0 bridgehead atoms. The predicted molar refractivity (Wildman–Crippen MR) is 263 cm³/mol. The van der Waals surface area contributed by atoms with E-state index < -0.39 is 0 Å². The van der Waals surface area contributed by atoms with Gasteiger partial charge in [0.15, 0.2) is 0 Å². The largest absolute Gasteiger partial charge is 0.311 e. The fraction of sp³-hybridized carbons (Fsp3) is 0.200. The number of fused-ring (bicyclic) bond motifs is 3. The second kappa shape index (κ2) is 16.3. The van der Waals surface area contributed by atoms with Crippen LogP contribution in [0.1, 0.15) is 75.6 Å². The lowest BCUT2D eigenvalue weighted by Crippen LogP contribution is -2.34. The summed E-state index contributed by atoms with van der Waals surface area (Å²) in [5.41, 5.74) is 17.6. The first-order valence-corrected chi connectivity index (χ1v) is 22.6. The maximum Gasteiger partial charge on any atom is 0.0465 e. The molecule has 2 heteroatoms. The minimum atomic E-state index is -0.0734. The van der Waals surface area contributed by atoms with Gasteiger partial charge < -0.3 is 9.80 Å². The maximum atomic E-state index is 2.44. The quantitative estimate of drug-likeness (QED) is 0.136. The van der Waals surface area contributed by atoms with Crippen LogP contribution < -0.4 is 9.80 Å². The number of anilines is 6. The predicted octanol–water partition coefficient (Wildman–Crippen LogP) is 16.7. The van der Waals surface area contributed by atoms with Crippen LogP contribution >= 0.6 is 0 Å². The van der Waals surface area contributed by atoms with Gasteiger partial charge in [-0.05, 0) is 155 Å². The van der Waals surface area contributed by atoms with Crippen LogP contribution in [0.3, 0.4) is 0 Å². The molecule has 62 heavy (non-hydrogen) atoms. The standard InChI is InChI=1S/C60H56N2/c1-43(2)44-38-40-60(41-39-44,47-26-32-52(33-27-47)61(49-18-10-6-11-19-49)51-30-24-46(25-31-51)45-16-8-5-9-17-45)48-28-34-53(35-29-48)62(50-20-12-7-13-21-50)54-36-37-56-55-22-14-15-23-57(55)59(3,4)58(56)42-54/h5-37,42-44H,38-41H2,1-4H3. The molecule has 0 atom stereocenters. The van der Waals surface area contributed by atoms with Gasteiger partial charge in [-0.2, -0.15) is 0 Å². The van der Waals surface area contributed by atoms with Gasteiger partial charge >= 0.3 is 0 Å². The van der Waals surface area contributed by atoms with Gasteiger partial charge in [0.25, 0.3) is 0 Å². The van der Waals surface area contributed by atoms with Crippen molar-refractivity contribution in [1.29, 1.82) is 0 Å². The van der Waals surface area contributed by atoms with Crippen molar-refractivity contribution < 1.29 is 0 Å². The molecule has 1 saturated carbocycles. The SMILES string of the molecule is CC(C)C1CCC(c2ccc(N(c3ccccc3)c3ccc(-c4ccccc4)cc3)cc2)(c2ccc(N(c3ccccc3)c3ccc4c(c3)C(C)(C)c3ccccc3-4)cc2)CC1. The number of benzene rings is 8. The zero-order chi connectivity index (χ0) is 42.3. The molecule has 0 amide bonds. The summed E-state index contributed by atoms with van der Waals surface area (Å²) in [5, 5.41) is 0. The molecule has 306 valence electrons. The number of hydrogen-bond donors (Lipinski definition) is 0. The number of rotatable bonds is 10. The van der Waals surface area contributed by atoms with Crippen LogP contribution in [-0.2, 0) is 10.8 Å². The van der Waals surface area contributed by atoms with Crippen LogP contribution in [-0.4, -0.2) is 0 Å². The topological polar surface area (TPSA) is 6.48 Å². The van der Waals surface area contributed by atoms with E-state index in [-0.39, 0.29) is 10.8 Å². The lowest BCUT2D eigenvalue weighted by atomic mass is 9.61. The molecule has 0 aliphatic heterocycles. The van der Waals surface area contributed by atoms with Gasteiger partial charge in [0, 0.05) is 45.0 Å². The van der Waals surface area contributed by atoms with Gasteiger partial charge in [0.05, 0.1) is 0 Å². The Labute approximate surface area is 369 Å². The van der Waals surface area contributed by atoms with Gasteiger partial charge in [-0.25, -0.2) is 0 Å². The smallest absolute Gasteiger partial charge is 0.0465 e. The molecule has 2 nitrogen and oxygen atoms in total. The van der Waals surface area contributed by atoms with Crippen LogP contribution in [0.2, 0.25) is 0 Å². The highest BCUT2D eigenvalue weighted by Crippen LogP contribution is 2.52. The van der Waals surface area contributed by atoms with Crippen LogP contribution in [0.5, 0.6) is 0 Å². The zero-order valence-electron chi connectivity index (χ0n) is 36.5. The molecule has 10 rings (SSSR count). The third-order valence-electron chi connectivity index (χ3n) is 14.3. The molecule has 0 N–H and O–H groups in total. The Bertz CT molecular complexity index is 2760. The number of para-hydroxylation sites is 2. The van der Waals surface area contributed by atoms with Crippen LogP contribution in [0.4, 0.5) is 34.1 Å². The zero-order valence-corrected chi connectivity index (χ0v) is 36.5. The fourth-order valence-corrected chi connectivity index (χ4v) is 10.7. The van der Waals surface area contributed by atoms with Crippen LogP contribution in [0.15, 0.2) is 206 Å². The van der Waals surface area contributed by atoms with Crippen molar-refractivity contribution in [2.75, 3.05) is 9.80 Å². The molecule has 0 aromatic heterocycles. The number of nitrogens with zero attached hydrogens (tertiary/aromatic N) is 2. The van der Waals surface area contributed by atoms with E-state index >= 15 is 0 Å². The van der Waals surface area contributed by atoms with Crippen LogP contribution in [0, 0.1) is 11.8 Å². The molecule has 0 spiro atoms. The van der Waals surface area contributed by atoms with E-state index in [4.69, 9.17) is 0 Å². The molecule has 0 unspecified atom stereocenters. The van der Waals surface area contributed by atoms with E-state index in [2.05, 4.69) is 244 Å². The highest BCUT2D eigenvalue weighted by molar-refractivity contribution is 5.86. The van der Waals surface area contributed by atoms with Crippen molar-refractivity contribution in [3.05, 3.63) is 229 Å².